The Morgan fingerprint density at radius 3 is 2.88 bits per heavy atom. The van der Waals surface area contributed by atoms with Crippen LogP contribution in [0.15, 0.2) is 35.0 Å². The van der Waals surface area contributed by atoms with Crippen LogP contribution in [-0.2, 0) is 6.42 Å². The number of hydrogen-bond acceptors (Lipinski definition) is 3. The number of benzene rings is 1. The minimum Gasteiger partial charge on any atom is -0.494 e. The van der Waals surface area contributed by atoms with E-state index in [2.05, 4.69) is 0 Å². The average Bonchev–Trinajstić information content (AvgIpc) is 2.82. The molecule has 0 spiro atoms. The molecule has 1 aromatic carbocycles. The van der Waals surface area contributed by atoms with Gasteiger partial charge in [0.25, 0.3) is 0 Å². The highest BCUT2D eigenvalue weighted by Gasteiger charge is 2.16. The third kappa shape index (κ3) is 2.65. The molecule has 0 aliphatic heterocycles. The second kappa shape index (κ2) is 5.29. The number of aliphatic hydroxyl groups is 1. The van der Waals surface area contributed by atoms with Crippen LogP contribution in [0, 0.1) is 5.82 Å². The maximum Gasteiger partial charge on any atom is 0.170 e. The van der Waals surface area contributed by atoms with Crippen molar-refractivity contribution >= 4 is 11.3 Å². The molecule has 0 bridgehead atoms. The van der Waals surface area contributed by atoms with Gasteiger partial charge in [-0.1, -0.05) is 12.1 Å². The quantitative estimate of drug-likeness (QED) is 0.905. The van der Waals surface area contributed by atoms with E-state index in [0.717, 1.165) is 5.56 Å². The van der Waals surface area contributed by atoms with Gasteiger partial charge >= 0.3 is 0 Å². The summed E-state index contributed by atoms with van der Waals surface area (Å²) in [5.74, 6) is -0.329. The van der Waals surface area contributed by atoms with Crippen molar-refractivity contribution in [2.45, 2.75) is 12.5 Å². The van der Waals surface area contributed by atoms with Crippen LogP contribution in [0.25, 0.3) is 0 Å². The summed E-state index contributed by atoms with van der Waals surface area (Å²) in [6.07, 6.45) is -0.437. The van der Waals surface area contributed by atoms with Crippen LogP contribution in [0.3, 0.4) is 0 Å². The smallest absolute Gasteiger partial charge is 0.170 e. The molecule has 17 heavy (non-hydrogen) atoms. The Kier molecular flexibility index (Phi) is 3.76. The van der Waals surface area contributed by atoms with Gasteiger partial charge in [-0.2, -0.15) is 11.3 Å². The van der Waals surface area contributed by atoms with Gasteiger partial charge in [0.1, 0.15) is 0 Å². The van der Waals surface area contributed by atoms with Crippen LogP contribution < -0.4 is 4.74 Å². The summed E-state index contributed by atoms with van der Waals surface area (Å²) in [7, 11) is 1.41. The molecular formula is C13H13FO2S. The van der Waals surface area contributed by atoms with E-state index in [1.165, 1.54) is 13.2 Å². The highest BCUT2D eigenvalue weighted by atomic mass is 32.1. The van der Waals surface area contributed by atoms with Crippen LogP contribution in [0.1, 0.15) is 17.2 Å². The van der Waals surface area contributed by atoms with E-state index in [1.807, 2.05) is 16.8 Å². The molecule has 4 heteroatoms. The minimum atomic E-state index is -0.848. The largest absolute Gasteiger partial charge is 0.494 e. The molecule has 0 saturated carbocycles. The van der Waals surface area contributed by atoms with Crippen LogP contribution in [0.4, 0.5) is 4.39 Å². The molecule has 0 amide bonds. The van der Waals surface area contributed by atoms with Gasteiger partial charge in [0.05, 0.1) is 13.2 Å². The van der Waals surface area contributed by atoms with Crippen molar-refractivity contribution in [3.63, 3.8) is 0 Å². The van der Waals surface area contributed by atoms with Crippen molar-refractivity contribution in [2.75, 3.05) is 7.11 Å². The molecule has 0 fully saturated rings. The number of methoxy groups -OCH3 is 1. The van der Waals surface area contributed by atoms with Gasteiger partial charge in [-0.15, -0.1) is 0 Å². The summed E-state index contributed by atoms with van der Waals surface area (Å²) < 4.78 is 18.8. The molecule has 90 valence electrons. The van der Waals surface area contributed by atoms with E-state index < -0.39 is 11.9 Å². The fourth-order valence-corrected chi connectivity index (χ4v) is 2.37. The van der Waals surface area contributed by atoms with Crippen LogP contribution in [-0.4, -0.2) is 12.2 Å². The molecule has 2 aromatic rings. The first-order valence-corrected chi connectivity index (χ1v) is 6.18. The molecule has 1 N–H and O–H groups in total. The number of aliphatic hydroxyl groups excluding tert-OH is 1. The normalized spacial score (nSPS) is 12.4. The van der Waals surface area contributed by atoms with Crippen molar-refractivity contribution in [3.05, 3.63) is 52.0 Å². The first-order valence-electron chi connectivity index (χ1n) is 5.24. The van der Waals surface area contributed by atoms with Crippen LogP contribution in [0.2, 0.25) is 0 Å². The summed E-state index contributed by atoms with van der Waals surface area (Å²) >= 11 is 1.56. The van der Waals surface area contributed by atoms with Crippen LogP contribution in [0.5, 0.6) is 5.75 Å². The van der Waals surface area contributed by atoms with Gasteiger partial charge in [0.2, 0.25) is 0 Å². The summed E-state index contributed by atoms with van der Waals surface area (Å²) in [6.45, 7) is 0. The Morgan fingerprint density at radius 2 is 2.24 bits per heavy atom. The molecule has 1 heterocycles. The monoisotopic (exact) mass is 252 g/mol. The number of ether oxygens (including phenoxy) is 1. The highest BCUT2D eigenvalue weighted by Crippen LogP contribution is 2.27. The second-order valence-electron chi connectivity index (χ2n) is 3.72. The number of hydrogen-bond donors (Lipinski definition) is 1. The summed E-state index contributed by atoms with van der Waals surface area (Å²) in [5, 5.41) is 13.9. The maximum absolute atomic E-state index is 13.9. The molecule has 0 radical (unpaired) electrons. The Labute approximate surface area is 103 Å². The van der Waals surface area contributed by atoms with E-state index in [0.29, 0.717) is 6.42 Å². The molecule has 2 nitrogen and oxygen atoms in total. The third-order valence-electron chi connectivity index (χ3n) is 2.58. The maximum atomic E-state index is 13.9. The van der Waals surface area contributed by atoms with Crippen molar-refractivity contribution in [1.29, 1.82) is 0 Å². The fraction of sp³-hybridized carbons (Fsp3) is 0.231. The lowest BCUT2D eigenvalue weighted by Crippen LogP contribution is -2.05. The van der Waals surface area contributed by atoms with Gasteiger partial charge in [0, 0.05) is 12.0 Å². The topological polar surface area (TPSA) is 29.5 Å². The molecule has 1 unspecified atom stereocenters. The van der Waals surface area contributed by atoms with Crippen molar-refractivity contribution in [2.24, 2.45) is 0 Å². The number of rotatable bonds is 4. The van der Waals surface area contributed by atoms with Crippen LogP contribution >= 0.6 is 11.3 Å². The first-order chi connectivity index (χ1) is 8.22. The van der Waals surface area contributed by atoms with Crippen molar-refractivity contribution < 1.29 is 14.2 Å². The summed E-state index contributed by atoms with van der Waals surface area (Å²) in [5.41, 5.74) is 1.28. The zero-order valence-electron chi connectivity index (χ0n) is 9.39. The SMILES string of the molecule is COc1cccc(C(O)Cc2ccsc2)c1F. The Balaban J connectivity index is 2.22. The minimum absolute atomic E-state index is 0.159. The van der Waals surface area contributed by atoms with Crippen molar-refractivity contribution in [3.8, 4) is 5.75 Å². The fourth-order valence-electron chi connectivity index (χ4n) is 1.68. The zero-order valence-corrected chi connectivity index (χ0v) is 10.2. The van der Waals surface area contributed by atoms with E-state index >= 15 is 0 Å². The second-order valence-corrected chi connectivity index (χ2v) is 4.50. The molecule has 0 aliphatic carbocycles. The van der Waals surface area contributed by atoms with E-state index in [4.69, 9.17) is 4.74 Å². The average molecular weight is 252 g/mol. The number of thiophene rings is 1. The van der Waals surface area contributed by atoms with Gasteiger partial charge in [-0.25, -0.2) is 4.39 Å². The lowest BCUT2D eigenvalue weighted by atomic mass is 10.0. The summed E-state index contributed by atoms with van der Waals surface area (Å²) in [6, 6.07) is 6.71. The Bertz CT molecular complexity index is 482. The molecular weight excluding hydrogens is 239 g/mol. The van der Waals surface area contributed by atoms with Crippen molar-refractivity contribution in [1.82, 2.24) is 0 Å². The van der Waals surface area contributed by atoms with Gasteiger partial charge < -0.3 is 9.84 Å². The predicted octanol–water partition coefficient (Wildman–Crippen LogP) is 3.17. The Morgan fingerprint density at radius 1 is 1.41 bits per heavy atom. The van der Waals surface area contributed by atoms with Gasteiger partial charge in [0.15, 0.2) is 11.6 Å². The van der Waals surface area contributed by atoms with E-state index in [9.17, 15) is 9.50 Å². The zero-order chi connectivity index (χ0) is 12.3. The van der Waals surface area contributed by atoms with Gasteiger partial charge in [-0.05, 0) is 28.5 Å². The predicted molar refractivity (Wildman–Crippen MR) is 65.9 cm³/mol. The van der Waals surface area contributed by atoms with Gasteiger partial charge in [-0.3, -0.25) is 0 Å². The summed E-state index contributed by atoms with van der Waals surface area (Å²) in [4.78, 5) is 0. The molecule has 0 saturated heterocycles. The third-order valence-corrected chi connectivity index (χ3v) is 3.31. The molecule has 0 aliphatic rings. The molecule has 2 rings (SSSR count). The lowest BCUT2D eigenvalue weighted by molar-refractivity contribution is 0.172. The number of halogens is 1. The lowest BCUT2D eigenvalue weighted by Gasteiger charge is -2.13. The van der Waals surface area contributed by atoms with E-state index in [1.54, 1.807) is 23.5 Å². The Hall–Kier alpha value is -1.39. The molecule has 1 atom stereocenters. The highest BCUT2D eigenvalue weighted by molar-refractivity contribution is 7.07. The van der Waals surface area contributed by atoms with E-state index in [-0.39, 0.29) is 11.3 Å². The molecule has 1 aromatic heterocycles. The standard InChI is InChI=1S/C13H13FO2S/c1-16-12-4-2-3-10(13(12)14)11(15)7-9-5-6-17-8-9/h2-6,8,11,15H,7H2,1H3. The first kappa shape index (κ1) is 12.1.